The Morgan fingerprint density at radius 1 is 0.815 bits per heavy atom. The zero-order chi connectivity index (χ0) is 19.3. The summed E-state index contributed by atoms with van der Waals surface area (Å²) in [6, 6.07) is 12.3. The molecule has 0 aromatic heterocycles. The highest BCUT2D eigenvalue weighted by Gasteiger charge is 2.59. The van der Waals surface area contributed by atoms with Gasteiger partial charge in [-0.1, -0.05) is 42.5 Å². The van der Waals surface area contributed by atoms with E-state index in [1.165, 1.54) is 12.1 Å². The van der Waals surface area contributed by atoms with Crippen molar-refractivity contribution in [3.05, 3.63) is 71.3 Å². The van der Waals surface area contributed by atoms with Crippen LogP contribution in [0.1, 0.15) is 32.3 Å². The smallest absolute Gasteiger partial charge is 0.286 e. The molecule has 2 aliphatic heterocycles. The summed E-state index contributed by atoms with van der Waals surface area (Å²) >= 11 is 0. The van der Waals surface area contributed by atoms with Gasteiger partial charge in [0, 0.05) is 0 Å². The fourth-order valence-corrected chi connectivity index (χ4v) is 3.54. The quantitative estimate of drug-likeness (QED) is 0.451. The van der Waals surface area contributed by atoms with Gasteiger partial charge in [-0.05, 0) is 17.7 Å². The molecule has 1 saturated heterocycles. The van der Waals surface area contributed by atoms with Gasteiger partial charge in [-0.25, -0.2) is 0 Å². The van der Waals surface area contributed by atoms with Crippen LogP contribution in [-0.2, 0) is 9.59 Å². The molecular weight excluding hydrogens is 352 g/mol. The molecule has 0 spiro atoms. The maximum atomic E-state index is 12.7. The topological polar surface area (TPSA) is 115 Å². The molecule has 4 amide bonds. The standard InChI is InChI=1S/C19H14N2O6/c22-15-11-8-4-5-9-12(11)16(23)21(15)14-13(10-6-2-1-3-7-10)20(17(14)24)18(25)19(26)27/h1-9,13-14,19,26-27H/t13-,14+/m1/s1. The first-order valence-electron chi connectivity index (χ1n) is 8.18. The molecule has 2 heterocycles. The van der Waals surface area contributed by atoms with Crippen LogP contribution in [0.3, 0.4) is 0 Å². The molecule has 8 heteroatoms. The van der Waals surface area contributed by atoms with Crippen LogP contribution < -0.4 is 0 Å². The average Bonchev–Trinajstić information content (AvgIpc) is 2.92. The largest absolute Gasteiger partial charge is 0.361 e. The predicted molar refractivity (Wildman–Crippen MR) is 90.0 cm³/mol. The van der Waals surface area contributed by atoms with Crippen molar-refractivity contribution in [2.24, 2.45) is 0 Å². The number of hydrogen-bond acceptors (Lipinski definition) is 6. The van der Waals surface area contributed by atoms with Crippen molar-refractivity contribution in [2.75, 3.05) is 0 Å². The summed E-state index contributed by atoms with van der Waals surface area (Å²) in [7, 11) is 0. The number of fused-ring (bicyclic) bond motifs is 1. The third-order valence-electron chi connectivity index (χ3n) is 4.77. The van der Waals surface area contributed by atoms with Crippen LogP contribution in [-0.4, -0.2) is 56.0 Å². The first kappa shape index (κ1) is 17.1. The van der Waals surface area contributed by atoms with E-state index in [1.54, 1.807) is 42.5 Å². The van der Waals surface area contributed by atoms with Crippen LogP contribution in [0.4, 0.5) is 0 Å². The minimum absolute atomic E-state index is 0.189. The fourth-order valence-electron chi connectivity index (χ4n) is 3.54. The number of likely N-dealkylation sites (tertiary alicyclic amines) is 1. The van der Waals surface area contributed by atoms with Gasteiger partial charge in [-0.3, -0.25) is 29.0 Å². The van der Waals surface area contributed by atoms with E-state index >= 15 is 0 Å². The Bertz CT molecular complexity index is 936. The number of β-lactam (4-membered cyclic amide) rings is 1. The van der Waals surface area contributed by atoms with Crippen LogP contribution in [0.15, 0.2) is 54.6 Å². The number of nitrogens with zero attached hydrogens (tertiary/aromatic N) is 2. The van der Waals surface area contributed by atoms with Gasteiger partial charge >= 0.3 is 0 Å². The van der Waals surface area contributed by atoms with Crippen LogP contribution in [0.5, 0.6) is 0 Å². The molecule has 8 nitrogen and oxygen atoms in total. The lowest BCUT2D eigenvalue weighted by Gasteiger charge is -2.48. The number of carbonyl (C=O) groups excluding carboxylic acids is 4. The highest BCUT2D eigenvalue weighted by molar-refractivity contribution is 6.24. The number of rotatable bonds is 3. The highest BCUT2D eigenvalue weighted by atomic mass is 16.5. The molecule has 2 N–H and O–H groups in total. The molecule has 27 heavy (non-hydrogen) atoms. The van der Waals surface area contributed by atoms with Crippen molar-refractivity contribution in [1.82, 2.24) is 9.80 Å². The van der Waals surface area contributed by atoms with Crippen LogP contribution in [0.2, 0.25) is 0 Å². The third kappa shape index (κ3) is 2.38. The molecule has 1 fully saturated rings. The minimum atomic E-state index is -2.37. The Balaban J connectivity index is 1.76. The summed E-state index contributed by atoms with van der Waals surface area (Å²) in [5.41, 5.74) is 0.871. The van der Waals surface area contributed by atoms with Crippen molar-refractivity contribution in [3.8, 4) is 0 Å². The van der Waals surface area contributed by atoms with Crippen molar-refractivity contribution in [1.29, 1.82) is 0 Å². The maximum Gasteiger partial charge on any atom is 0.286 e. The lowest BCUT2D eigenvalue weighted by atomic mass is 9.87. The maximum absolute atomic E-state index is 12.7. The first-order chi connectivity index (χ1) is 12.9. The van der Waals surface area contributed by atoms with E-state index in [0.717, 1.165) is 4.90 Å². The summed E-state index contributed by atoms with van der Waals surface area (Å²) in [5, 5.41) is 18.4. The van der Waals surface area contributed by atoms with E-state index in [1.807, 2.05) is 0 Å². The van der Waals surface area contributed by atoms with Gasteiger partial charge in [0.05, 0.1) is 17.2 Å². The van der Waals surface area contributed by atoms with Gasteiger partial charge < -0.3 is 10.2 Å². The molecule has 2 aromatic carbocycles. The summed E-state index contributed by atoms with van der Waals surface area (Å²) in [4.78, 5) is 51.7. The zero-order valence-electron chi connectivity index (χ0n) is 13.9. The third-order valence-corrected chi connectivity index (χ3v) is 4.77. The molecule has 2 atom stereocenters. The van der Waals surface area contributed by atoms with E-state index in [-0.39, 0.29) is 11.1 Å². The Labute approximate surface area is 153 Å². The average molecular weight is 366 g/mol. The lowest BCUT2D eigenvalue weighted by molar-refractivity contribution is -0.181. The van der Waals surface area contributed by atoms with E-state index < -0.39 is 42.0 Å². The molecule has 2 aliphatic rings. The molecule has 0 radical (unpaired) electrons. The van der Waals surface area contributed by atoms with Crippen LogP contribution in [0.25, 0.3) is 0 Å². The zero-order valence-corrected chi connectivity index (χ0v) is 13.9. The van der Waals surface area contributed by atoms with E-state index in [2.05, 4.69) is 0 Å². The number of hydrogen-bond donors (Lipinski definition) is 2. The van der Waals surface area contributed by atoms with Gasteiger partial charge in [0.15, 0.2) is 0 Å². The fraction of sp³-hybridized carbons (Fsp3) is 0.158. The van der Waals surface area contributed by atoms with E-state index in [0.29, 0.717) is 10.5 Å². The number of carbonyl (C=O) groups is 4. The normalized spacial score (nSPS) is 21.5. The van der Waals surface area contributed by atoms with Gasteiger partial charge in [0.25, 0.3) is 23.6 Å². The molecular formula is C19H14N2O6. The van der Waals surface area contributed by atoms with Crippen LogP contribution >= 0.6 is 0 Å². The van der Waals surface area contributed by atoms with Crippen molar-refractivity contribution < 1.29 is 29.4 Å². The van der Waals surface area contributed by atoms with Gasteiger partial charge in [-0.2, -0.15) is 0 Å². The molecule has 0 aliphatic carbocycles. The SMILES string of the molecule is O=C1c2ccccc2C(=O)N1[C@@H]1C(=O)N(C(=O)C(O)O)[C@@H]1c1ccccc1. The Morgan fingerprint density at radius 2 is 1.33 bits per heavy atom. The molecule has 2 aromatic rings. The molecule has 0 unspecified atom stereocenters. The number of benzene rings is 2. The Kier molecular flexibility index (Phi) is 3.87. The van der Waals surface area contributed by atoms with Gasteiger partial charge in [0.1, 0.15) is 6.04 Å². The van der Waals surface area contributed by atoms with Gasteiger partial charge in [-0.15, -0.1) is 0 Å². The lowest BCUT2D eigenvalue weighted by Crippen LogP contribution is -2.69. The predicted octanol–water partition coefficient (Wildman–Crippen LogP) is 0.0720. The molecule has 4 rings (SSSR count). The van der Waals surface area contributed by atoms with Crippen LogP contribution in [0, 0.1) is 0 Å². The number of amides is 4. The summed E-state index contributed by atoms with van der Waals surface area (Å²) in [5.74, 6) is -3.28. The number of imide groups is 2. The molecule has 0 bridgehead atoms. The second kappa shape index (κ2) is 6.11. The second-order valence-corrected chi connectivity index (χ2v) is 6.25. The molecule has 0 saturated carbocycles. The second-order valence-electron chi connectivity index (χ2n) is 6.25. The van der Waals surface area contributed by atoms with Crippen molar-refractivity contribution in [3.63, 3.8) is 0 Å². The van der Waals surface area contributed by atoms with E-state index in [9.17, 15) is 29.4 Å². The van der Waals surface area contributed by atoms with Gasteiger partial charge in [0.2, 0.25) is 6.29 Å². The summed E-state index contributed by atoms with van der Waals surface area (Å²) in [6.45, 7) is 0. The number of aliphatic hydroxyl groups excluding tert-OH is 1. The summed E-state index contributed by atoms with van der Waals surface area (Å²) < 4.78 is 0. The monoisotopic (exact) mass is 366 g/mol. The number of aliphatic hydroxyl groups is 2. The highest BCUT2D eigenvalue weighted by Crippen LogP contribution is 2.41. The first-order valence-corrected chi connectivity index (χ1v) is 8.18. The Morgan fingerprint density at radius 3 is 1.85 bits per heavy atom. The van der Waals surface area contributed by atoms with Crippen molar-refractivity contribution in [2.45, 2.75) is 18.4 Å². The molecule has 136 valence electrons. The van der Waals surface area contributed by atoms with Crippen molar-refractivity contribution >= 4 is 23.6 Å². The minimum Gasteiger partial charge on any atom is -0.361 e. The summed E-state index contributed by atoms with van der Waals surface area (Å²) in [6.07, 6.45) is -2.37. The Hall–Kier alpha value is -3.36. The van der Waals surface area contributed by atoms with E-state index in [4.69, 9.17) is 0 Å².